The van der Waals surface area contributed by atoms with E-state index in [4.69, 9.17) is 23.2 Å². The lowest BCUT2D eigenvalue weighted by molar-refractivity contribution is -0.125. The van der Waals surface area contributed by atoms with Crippen LogP contribution in [0.4, 0.5) is 15.8 Å². The number of phenols is 2. The molecular formula is C33H23Cl2FN2O8. The minimum atomic E-state index is -2.12. The third kappa shape index (κ3) is 3.91. The Morgan fingerprint density at radius 1 is 0.826 bits per heavy atom. The number of amides is 4. The number of fused-ring (bicyclic) bond motifs is 4. The highest BCUT2D eigenvalue weighted by molar-refractivity contribution is 6.58. The Balaban J connectivity index is 1.36. The Labute approximate surface area is 270 Å². The van der Waals surface area contributed by atoms with Crippen LogP contribution in [0.5, 0.6) is 11.5 Å². The van der Waals surface area contributed by atoms with Gasteiger partial charge in [0.25, 0.3) is 11.8 Å². The summed E-state index contributed by atoms with van der Waals surface area (Å²) in [5.74, 6) is -9.47. The van der Waals surface area contributed by atoms with Crippen LogP contribution < -0.4 is 9.80 Å². The van der Waals surface area contributed by atoms with Gasteiger partial charge in [-0.05, 0) is 72.9 Å². The lowest BCUT2D eigenvalue weighted by atomic mass is 9.56. The fraction of sp³-hybridized carbons (Fsp3) is 0.242. The van der Waals surface area contributed by atoms with E-state index in [1.54, 1.807) is 6.08 Å². The molecule has 1 saturated carbocycles. The predicted molar refractivity (Wildman–Crippen MR) is 162 cm³/mol. The number of hydrogen-bond acceptors (Lipinski definition) is 7. The van der Waals surface area contributed by atoms with Crippen molar-refractivity contribution in [2.24, 2.45) is 17.8 Å². The molecule has 0 bridgehead atoms. The second-order valence-electron chi connectivity index (χ2n) is 11.9. The number of allylic oxidation sites excluding steroid dienone is 2. The first-order valence-corrected chi connectivity index (χ1v) is 15.0. The number of anilines is 2. The monoisotopic (exact) mass is 664 g/mol. The smallest absolute Gasteiger partial charge is 0.339 e. The van der Waals surface area contributed by atoms with E-state index in [2.05, 4.69) is 0 Å². The molecule has 0 radical (unpaired) electrons. The normalized spacial score (nSPS) is 30.2. The van der Waals surface area contributed by atoms with Crippen LogP contribution in [0.3, 0.4) is 0 Å². The molecule has 2 aliphatic carbocycles. The van der Waals surface area contributed by atoms with Crippen molar-refractivity contribution in [2.45, 2.75) is 28.5 Å². The van der Waals surface area contributed by atoms with Gasteiger partial charge in [-0.2, -0.15) is 0 Å². The predicted octanol–water partition coefficient (Wildman–Crippen LogP) is 4.70. The van der Waals surface area contributed by atoms with Crippen molar-refractivity contribution in [2.75, 3.05) is 9.80 Å². The highest BCUT2D eigenvalue weighted by Crippen LogP contribution is 2.66. The number of aromatic carboxylic acids is 1. The molecule has 234 valence electrons. The fourth-order valence-electron chi connectivity index (χ4n) is 7.53. The molecule has 2 heterocycles. The maximum Gasteiger partial charge on any atom is 0.339 e. The van der Waals surface area contributed by atoms with Crippen molar-refractivity contribution in [1.29, 1.82) is 0 Å². The Morgan fingerprint density at radius 2 is 1.48 bits per heavy atom. The number of carboxylic acid groups (broad SMARTS) is 1. The number of carbonyl (C=O) groups excluding carboxylic acids is 4. The largest absolute Gasteiger partial charge is 0.508 e. The summed E-state index contributed by atoms with van der Waals surface area (Å²) in [4.78, 5) is 65.3. The van der Waals surface area contributed by atoms with Crippen LogP contribution in [0.25, 0.3) is 0 Å². The minimum Gasteiger partial charge on any atom is -0.508 e. The van der Waals surface area contributed by atoms with Crippen LogP contribution in [-0.2, 0) is 19.2 Å². The lowest BCUT2D eigenvalue weighted by Gasteiger charge is -2.50. The SMILES string of the molecule is O=C(O)c1ccc(N2C(=O)C3CC=C4C(CC5(Cl)C(=O)N(c6ccc(F)cc6)C(=O)C5(Cl)C4c4ccc(O)cc4)C3C2=O)cc1O. The third-order valence-corrected chi connectivity index (χ3v) is 11.0. The van der Waals surface area contributed by atoms with E-state index in [9.17, 15) is 43.7 Å². The molecule has 3 aromatic carbocycles. The topological polar surface area (TPSA) is 153 Å². The Bertz CT molecular complexity index is 1920. The van der Waals surface area contributed by atoms with E-state index in [0.29, 0.717) is 11.1 Å². The molecule has 0 aromatic heterocycles. The number of carboxylic acids is 1. The van der Waals surface area contributed by atoms with Crippen LogP contribution in [0, 0.1) is 23.6 Å². The maximum atomic E-state index is 14.3. The summed E-state index contributed by atoms with van der Waals surface area (Å²) in [7, 11) is 0. The van der Waals surface area contributed by atoms with E-state index >= 15 is 0 Å². The highest BCUT2D eigenvalue weighted by atomic mass is 35.5. The molecule has 0 spiro atoms. The number of benzene rings is 3. The summed E-state index contributed by atoms with van der Waals surface area (Å²) < 4.78 is 13.8. The van der Waals surface area contributed by atoms with Gasteiger partial charge in [-0.25, -0.2) is 19.0 Å². The molecule has 3 aromatic rings. The number of imide groups is 2. The Kier molecular flexibility index (Phi) is 6.60. The molecule has 46 heavy (non-hydrogen) atoms. The summed E-state index contributed by atoms with van der Waals surface area (Å²) in [5, 5.41) is 29.6. The van der Waals surface area contributed by atoms with Crippen LogP contribution in [0.15, 0.2) is 78.4 Å². The van der Waals surface area contributed by atoms with Gasteiger partial charge in [0.1, 0.15) is 22.9 Å². The maximum absolute atomic E-state index is 14.3. The molecule has 2 saturated heterocycles. The Hall–Kier alpha value is -4.74. The van der Waals surface area contributed by atoms with Crippen molar-refractivity contribution in [3.05, 3.63) is 95.3 Å². The first kappa shape index (κ1) is 29.9. The van der Waals surface area contributed by atoms with Crippen LogP contribution >= 0.6 is 23.2 Å². The zero-order chi connectivity index (χ0) is 32.9. The van der Waals surface area contributed by atoms with Crippen LogP contribution in [-0.4, -0.2) is 54.7 Å². The number of rotatable bonds is 4. The molecule has 13 heteroatoms. The van der Waals surface area contributed by atoms with E-state index in [0.717, 1.165) is 34.1 Å². The standard InChI is InChI=1S/C33H23Cl2FN2O8/c34-32-14-23-20(11-12-22-25(23)28(42)37(27(22)41)18-7-10-21(29(43)44)24(40)13-18)26(15-1-8-19(39)9-2-15)33(32,35)31(46)38(30(32)45)17-5-3-16(36)4-6-17/h1-11,13,22-23,25-26,39-40H,12,14H2,(H,43,44). The summed E-state index contributed by atoms with van der Waals surface area (Å²) in [6.07, 6.45) is 1.53. The summed E-state index contributed by atoms with van der Waals surface area (Å²) in [6, 6.07) is 13.9. The van der Waals surface area contributed by atoms with Gasteiger partial charge in [0.05, 0.1) is 23.2 Å². The number of alkyl halides is 2. The van der Waals surface area contributed by atoms with Crippen molar-refractivity contribution < 1.29 is 43.7 Å². The van der Waals surface area contributed by atoms with Crippen molar-refractivity contribution >= 4 is 64.2 Å². The zero-order valence-corrected chi connectivity index (χ0v) is 25.1. The minimum absolute atomic E-state index is 0.0266. The van der Waals surface area contributed by atoms with E-state index < -0.39 is 80.1 Å². The van der Waals surface area contributed by atoms with Crippen LogP contribution in [0.2, 0.25) is 0 Å². The number of nitrogens with zero attached hydrogens (tertiary/aromatic N) is 2. The van der Waals surface area contributed by atoms with Gasteiger partial charge in [-0.1, -0.05) is 23.8 Å². The molecule has 6 atom stereocenters. The van der Waals surface area contributed by atoms with E-state index in [-0.39, 0.29) is 30.0 Å². The quantitative estimate of drug-likeness (QED) is 0.206. The number of halogens is 3. The van der Waals surface area contributed by atoms with Crippen molar-refractivity contribution in [3.8, 4) is 11.5 Å². The van der Waals surface area contributed by atoms with Gasteiger partial charge in [0.2, 0.25) is 11.8 Å². The first-order chi connectivity index (χ1) is 21.8. The van der Waals surface area contributed by atoms with Gasteiger partial charge in [0, 0.05) is 12.0 Å². The number of phenolic OH excluding ortho intramolecular Hbond substituents is 1. The van der Waals surface area contributed by atoms with Crippen LogP contribution in [0.1, 0.15) is 34.7 Å². The summed E-state index contributed by atoms with van der Waals surface area (Å²) >= 11 is 14.6. The molecule has 4 amide bonds. The zero-order valence-electron chi connectivity index (χ0n) is 23.6. The molecular weight excluding hydrogens is 642 g/mol. The van der Waals surface area contributed by atoms with E-state index in [1.807, 2.05) is 0 Å². The first-order valence-electron chi connectivity index (χ1n) is 14.2. The number of hydrogen-bond donors (Lipinski definition) is 3. The molecule has 4 aliphatic rings. The molecule has 3 fully saturated rings. The number of carbonyl (C=O) groups is 5. The summed E-state index contributed by atoms with van der Waals surface area (Å²) in [5.41, 5.74) is 0.560. The number of aromatic hydroxyl groups is 2. The Morgan fingerprint density at radius 3 is 2.11 bits per heavy atom. The van der Waals surface area contributed by atoms with Gasteiger partial charge >= 0.3 is 5.97 Å². The molecule has 2 aliphatic heterocycles. The van der Waals surface area contributed by atoms with Gasteiger partial charge in [0.15, 0.2) is 9.75 Å². The molecule has 7 rings (SSSR count). The fourth-order valence-corrected chi connectivity index (χ4v) is 8.47. The molecule has 6 unspecified atom stereocenters. The second kappa shape index (κ2) is 10.1. The summed E-state index contributed by atoms with van der Waals surface area (Å²) in [6.45, 7) is 0. The third-order valence-electron chi connectivity index (χ3n) is 9.59. The van der Waals surface area contributed by atoms with E-state index in [1.165, 1.54) is 42.5 Å². The van der Waals surface area contributed by atoms with Crippen molar-refractivity contribution in [3.63, 3.8) is 0 Å². The average molecular weight is 665 g/mol. The highest BCUT2D eigenvalue weighted by Gasteiger charge is 2.76. The second-order valence-corrected chi connectivity index (χ2v) is 13.1. The van der Waals surface area contributed by atoms with Gasteiger partial charge in [-0.3, -0.25) is 19.2 Å². The lowest BCUT2D eigenvalue weighted by Crippen LogP contribution is -2.60. The van der Waals surface area contributed by atoms with Crippen molar-refractivity contribution in [1.82, 2.24) is 0 Å². The molecule has 3 N–H and O–H groups in total. The average Bonchev–Trinajstić information content (AvgIpc) is 3.36. The van der Waals surface area contributed by atoms with Gasteiger partial charge < -0.3 is 15.3 Å². The van der Waals surface area contributed by atoms with Gasteiger partial charge in [-0.15, -0.1) is 23.2 Å². The molecule has 10 nitrogen and oxygen atoms in total.